The van der Waals surface area contributed by atoms with Crippen LogP contribution in [0.3, 0.4) is 0 Å². The monoisotopic (exact) mass is 1250 g/mol. The number of likely N-dealkylation sites (tertiary alicyclic amines) is 1. The number of anilines is 2. The third-order valence-electron chi connectivity index (χ3n) is 16.1. The highest BCUT2D eigenvalue weighted by molar-refractivity contribution is 6.37. The van der Waals surface area contributed by atoms with Gasteiger partial charge in [0, 0.05) is 102 Å². The van der Waals surface area contributed by atoms with Crippen LogP contribution in [0.15, 0.2) is 85.1 Å². The number of Topliss-reactive ketones (excluding diaryl/α,β-unsaturated/α-hetero) is 2. The second-order valence-electron chi connectivity index (χ2n) is 22.5. The topological polar surface area (TPSA) is 244 Å². The van der Waals surface area contributed by atoms with E-state index >= 15 is 0 Å². The molecule has 4 heterocycles. The molecule has 3 aliphatic rings. The Morgan fingerprint density at radius 2 is 1.51 bits per heavy atom. The van der Waals surface area contributed by atoms with Crippen LogP contribution >= 0.6 is 11.6 Å². The number of amides is 5. The predicted molar refractivity (Wildman–Crippen MR) is 321 cm³/mol. The Kier molecular flexibility index (Phi) is 26.5. The zero-order valence-electron chi connectivity index (χ0n) is 50.8. The van der Waals surface area contributed by atoms with Crippen molar-refractivity contribution in [2.45, 2.75) is 141 Å². The van der Waals surface area contributed by atoms with Gasteiger partial charge in [-0.1, -0.05) is 43.3 Å². The Labute approximate surface area is 516 Å². The first kappa shape index (κ1) is 69.8. The molecule has 0 spiro atoms. The van der Waals surface area contributed by atoms with E-state index in [2.05, 4.69) is 28.9 Å². The molecule has 3 aliphatic heterocycles. The molecule has 1 unspecified atom stereocenters. The highest BCUT2D eigenvalue weighted by Gasteiger charge is 2.44. The highest BCUT2D eigenvalue weighted by Crippen LogP contribution is 2.36. The molecule has 25 heteroatoms. The van der Waals surface area contributed by atoms with Crippen molar-refractivity contribution in [3.05, 3.63) is 101 Å². The molecule has 21 nitrogen and oxygen atoms in total. The minimum Gasteiger partial charge on any atom is -0.484 e. The number of ether oxygens (including phenoxy) is 6. The molecule has 2 N–H and O–H groups in total. The average molecular weight is 1250 g/mol. The summed E-state index contributed by atoms with van der Waals surface area (Å²) in [6.07, 6.45) is 0.794. The number of ketones is 2. The van der Waals surface area contributed by atoms with Crippen molar-refractivity contribution < 1.29 is 79.9 Å². The molecule has 0 aliphatic carbocycles. The lowest BCUT2D eigenvalue weighted by molar-refractivity contribution is -0.188. The number of nitrogens with zero attached hydrogens (tertiary/aromatic N) is 5. The van der Waals surface area contributed by atoms with E-state index in [1.165, 1.54) is 42.5 Å². The SMILES string of the molecule is C=CC(=O)Nc1cc(Cl)cc(NC(=O)c2cnn(-c3ccc(OCC(=O)N4CCN(C(=O)CCC[C@H](/C=C(\C)C[C@@H](C[C@H](OC)[C@H]5OC(C(=O)C(=O)N6CCCCC6)CC[C@@H]5OC)OC)C(=O)CC[C@@H](C)[C@H](OC=O)C(=C)C)CC4)cc3)c2C(F)(F)F)c1. The van der Waals surface area contributed by atoms with Gasteiger partial charge in [-0.25, -0.2) is 4.68 Å². The van der Waals surface area contributed by atoms with Crippen molar-refractivity contribution in [3.8, 4) is 11.4 Å². The zero-order valence-corrected chi connectivity index (χ0v) is 51.5. The lowest BCUT2D eigenvalue weighted by Gasteiger charge is -2.40. The first-order chi connectivity index (χ1) is 42.0. The number of piperidine rings is 1. The van der Waals surface area contributed by atoms with Crippen LogP contribution in [-0.4, -0.2) is 176 Å². The van der Waals surface area contributed by atoms with Gasteiger partial charge >= 0.3 is 6.18 Å². The first-order valence-corrected chi connectivity index (χ1v) is 29.9. The number of hydrogen-bond acceptors (Lipinski definition) is 15. The summed E-state index contributed by atoms with van der Waals surface area (Å²) >= 11 is 6.12. The van der Waals surface area contributed by atoms with Crippen molar-refractivity contribution in [1.29, 1.82) is 0 Å². The van der Waals surface area contributed by atoms with Crippen molar-refractivity contribution in [2.75, 3.05) is 77.8 Å². The van der Waals surface area contributed by atoms with Crippen molar-refractivity contribution in [1.82, 2.24) is 24.5 Å². The molecule has 3 fully saturated rings. The van der Waals surface area contributed by atoms with Crippen LogP contribution in [0, 0.1) is 11.8 Å². The summed E-state index contributed by atoms with van der Waals surface area (Å²) in [5.74, 6) is -4.01. The molecular weight excluding hydrogens is 1170 g/mol. The molecule has 88 heavy (non-hydrogen) atoms. The smallest absolute Gasteiger partial charge is 0.434 e. The van der Waals surface area contributed by atoms with E-state index in [1.807, 2.05) is 19.9 Å². The lowest BCUT2D eigenvalue weighted by atomic mass is 9.87. The standard InChI is InChI=1S/C63H81ClF3N7O14/c1-9-54(77)69-44-32-43(64)33-45(34-44)70-61(81)49-36-68-74(60(49)63(65,66)67)46-17-19-47(20-18-46)86-37-56(79)72-28-26-71(27-29-72)55(78)15-13-14-42(50(76)21-16-41(5)58(39(2)3)87-38-75)30-40(4)31-48(83-6)35-53(85-8)59-52(84-7)23-22-51(88-59)57(80)62(82)73-24-11-10-12-25-73/h9,17-20,30,32-34,36,38,41-42,48,51-53,58-59H,1-2,10-16,21-29,31,35,37H2,3-8H3,(H,69,77)(H,70,81)/b40-30+/t41-,42-,48+,51?,52+,53+,58-,59+/m1/s1. The van der Waals surface area contributed by atoms with Gasteiger partial charge in [0.05, 0.1) is 35.8 Å². The minimum atomic E-state index is -5.04. The number of benzene rings is 2. The van der Waals surface area contributed by atoms with E-state index in [9.17, 15) is 51.5 Å². The van der Waals surface area contributed by atoms with E-state index in [4.69, 9.17) is 40.0 Å². The number of piperazine rings is 1. The first-order valence-electron chi connectivity index (χ1n) is 29.5. The number of carbonyl (C=O) groups is 8. The molecule has 5 amide bonds. The van der Waals surface area contributed by atoms with Crippen molar-refractivity contribution in [3.63, 3.8) is 0 Å². The molecular formula is C63H81ClF3N7O14. The fraction of sp³-hybridized carbons (Fsp3) is 0.540. The third kappa shape index (κ3) is 19.6. The second kappa shape index (κ2) is 33.4. The summed E-state index contributed by atoms with van der Waals surface area (Å²) < 4.78 is 79.4. The molecule has 1 aromatic heterocycles. The summed E-state index contributed by atoms with van der Waals surface area (Å²) in [6, 6.07) is 9.25. The van der Waals surface area contributed by atoms with Gasteiger partial charge in [0.25, 0.3) is 24.2 Å². The molecule has 0 bridgehead atoms. The fourth-order valence-corrected chi connectivity index (χ4v) is 11.6. The molecule has 480 valence electrons. The molecule has 0 saturated carbocycles. The maximum Gasteiger partial charge on any atom is 0.434 e. The summed E-state index contributed by atoms with van der Waals surface area (Å²) in [7, 11) is 4.70. The van der Waals surface area contributed by atoms with Crippen LogP contribution in [0.2, 0.25) is 5.02 Å². The highest BCUT2D eigenvalue weighted by atomic mass is 35.5. The van der Waals surface area contributed by atoms with Crippen LogP contribution in [-0.2, 0) is 63.4 Å². The third-order valence-corrected chi connectivity index (χ3v) is 16.3. The van der Waals surface area contributed by atoms with Gasteiger partial charge in [0.1, 0.15) is 29.8 Å². The summed E-state index contributed by atoms with van der Waals surface area (Å²) in [6.45, 7) is 14.8. The summed E-state index contributed by atoms with van der Waals surface area (Å²) in [5, 5.41) is 8.78. The van der Waals surface area contributed by atoms with Crippen molar-refractivity contribution in [2.24, 2.45) is 11.8 Å². The van der Waals surface area contributed by atoms with Crippen LogP contribution < -0.4 is 15.4 Å². The van der Waals surface area contributed by atoms with E-state index in [0.29, 0.717) is 74.8 Å². The number of methoxy groups -OCH3 is 3. The average Bonchev–Trinajstić information content (AvgIpc) is 1.98. The Balaban J connectivity index is 1.02. The van der Waals surface area contributed by atoms with Crippen LogP contribution in [0.5, 0.6) is 5.75 Å². The maximum atomic E-state index is 14.6. The number of aromatic nitrogens is 2. The molecule has 3 aromatic rings. The Hall–Kier alpha value is -7.25. The lowest BCUT2D eigenvalue weighted by Crippen LogP contribution is -2.53. The Bertz CT molecular complexity index is 2980. The van der Waals surface area contributed by atoms with E-state index in [1.54, 1.807) is 43.0 Å². The quantitative estimate of drug-likeness (QED) is 0.0265. The molecule has 8 atom stereocenters. The summed E-state index contributed by atoms with van der Waals surface area (Å²) in [4.78, 5) is 109. The largest absolute Gasteiger partial charge is 0.484 e. The number of nitrogens with one attached hydrogen (secondary N) is 2. The Morgan fingerprint density at radius 3 is 2.11 bits per heavy atom. The van der Waals surface area contributed by atoms with Gasteiger partial charge in [-0.2, -0.15) is 18.3 Å². The number of halogens is 4. The van der Waals surface area contributed by atoms with E-state index in [-0.39, 0.29) is 90.4 Å². The fourth-order valence-electron chi connectivity index (χ4n) is 11.3. The second-order valence-corrected chi connectivity index (χ2v) is 22.9. The van der Waals surface area contributed by atoms with Gasteiger partial charge in [-0.15, -0.1) is 0 Å². The molecule has 3 saturated heterocycles. The molecule has 0 radical (unpaired) electrons. The van der Waals surface area contributed by atoms with Crippen molar-refractivity contribution >= 4 is 70.6 Å². The number of allylic oxidation sites excluding steroid dienone is 1. The van der Waals surface area contributed by atoms with E-state index < -0.39 is 90.1 Å². The number of alkyl halides is 3. The van der Waals surface area contributed by atoms with E-state index in [0.717, 1.165) is 37.1 Å². The minimum absolute atomic E-state index is 0.00340. The molecule has 6 rings (SSSR count). The maximum absolute atomic E-state index is 14.6. The van der Waals surface area contributed by atoms with Crippen LogP contribution in [0.4, 0.5) is 24.5 Å². The van der Waals surface area contributed by atoms with Crippen LogP contribution in [0.25, 0.3) is 5.69 Å². The number of rotatable bonds is 31. The van der Waals surface area contributed by atoms with Gasteiger partial charge in [0.15, 0.2) is 12.3 Å². The number of carbonyl (C=O) groups excluding carboxylic acids is 8. The number of hydrogen-bond donors (Lipinski definition) is 2. The van der Waals surface area contributed by atoms with Crippen LogP contribution in [0.1, 0.15) is 114 Å². The summed E-state index contributed by atoms with van der Waals surface area (Å²) in [5.41, 5.74) is -0.542. The zero-order chi connectivity index (χ0) is 64.2. The van der Waals surface area contributed by atoms with Gasteiger partial charge < -0.3 is 53.8 Å². The Morgan fingerprint density at radius 1 is 0.852 bits per heavy atom. The van der Waals surface area contributed by atoms with Gasteiger partial charge in [-0.05, 0) is 132 Å². The predicted octanol–water partition coefficient (Wildman–Crippen LogP) is 8.76. The van der Waals surface area contributed by atoms with Gasteiger partial charge in [-0.3, -0.25) is 38.4 Å². The molecule has 2 aromatic carbocycles. The normalized spacial score (nSPS) is 19.1. The van der Waals surface area contributed by atoms with Gasteiger partial charge in [0.2, 0.25) is 17.6 Å².